The molecule has 0 saturated carbocycles. The highest BCUT2D eigenvalue weighted by Crippen LogP contribution is 2.27. The summed E-state index contributed by atoms with van der Waals surface area (Å²) in [6.07, 6.45) is 0. The number of carbonyl (C=O) groups excluding carboxylic acids is 2. The monoisotopic (exact) mass is 437 g/mol. The van der Waals surface area contributed by atoms with E-state index in [2.05, 4.69) is 15.0 Å². The summed E-state index contributed by atoms with van der Waals surface area (Å²) in [4.78, 5) is 41.4. The minimum atomic E-state index is -0.445. The van der Waals surface area contributed by atoms with E-state index < -0.39 is 5.97 Å². The third kappa shape index (κ3) is 4.04. The van der Waals surface area contributed by atoms with Gasteiger partial charge in [0, 0.05) is 17.6 Å². The number of aromatic nitrogens is 2. The van der Waals surface area contributed by atoms with Crippen LogP contribution in [0.1, 0.15) is 17.3 Å². The number of furan rings is 1. The zero-order valence-corrected chi connectivity index (χ0v) is 17.7. The molecule has 0 radical (unpaired) electrons. The third-order valence-corrected chi connectivity index (χ3v) is 5.66. The third-order valence-electron chi connectivity index (χ3n) is 4.69. The molecule has 4 aromatic rings. The van der Waals surface area contributed by atoms with Crippen LogP contribution in [0.2, 0.25) is 0 Å². The van der Waals surface area contributed by atoms with Gasteiger partial charge in [-0.3, -0.25) is 14.2 Å². The number of amides is 1. The number of hydrogen-bond acceptors (Lipinski definition) is 7. The molecule has 0 unspecified atom stereocenters. The molecule has 0 fully saturated rings. The molecule has 0 aliphatic rings. The molecule has 31 heavy (non-hydrogen) atoms. The number of ether oxygens (including phenoxy) is 1. The summed E-state index contributed by atoms with van der Waals surface area (Å²) >= 11 is 1.18. The molecule has 8 nitrogen and oxygen atoms in total. The number of nitrogens with zero attached hydrogens (tertiary/aromatic N) is 2. The highest BCUT2D eigenvalue weighted by atomic mass is 32.2. The lowest BCUT2D eigenvalue weighted by Crippen LogP contribution is -2.23. The topological polar surface area (TPSA) is 103 Å². The Balaban J connectivity index is 1.54. The number of benzene rings is 2. The fraction of sp³-hybridized carbons (Fsp3) is 0.182. The van der Waals surface area contributed by atoms with E-state index in [1.807, 2.05) is 25.1 Å². The Kier molecular flexibility index (Phi) is 5.77. The first-order valence-corrected chi connectivity index (χ1v) is 10.5. The summed E-state index contributed by atoms with van der Waals surface area (Å²) in [5.41, 5.74) is 1.97. The van der Waals surface area contributed by atoms with Crippen molar-refractivity contribution in [3.05, 3.63) is 64.4 Å². The van der Waals surface area contributed by atoms with E-state index in [4.69, 9.17) is 4.42 Å². The van der Waals surface area contributed by atoms with Crippen molar-refractivity contribution in [2.45, 2.75) is 18.6 Å². The Morgan fingerprint density at radius 2 is 1.90 bits per heavy atom. The summed E-state index contributed by atoms with van der Waals surface area (Å²) in [5.74, 6) is -0.643. The van der Waals surface area contributed by atoms with Crippen LogP contribution >= 0.6 is 11.8 Å². The van der Waals surface area contributed by atoms with Gasteiger partial charge in [-0.25, -0.2) is 9.78 Å². The van der Waals surface area contributed by atoms with Crippen LogP contribution in [0.5, 0.6) is 0 Å². The van der Waals surface area contributed by atoms with Crippen molar-refractivity contribution >= 4 is 51.4 Å². The van der Waals surface area contributed by atoms with Gasteiger partial charge in [-0.1, -0.05) is 23.9 Å². The van der Waals surface area contributed by atoms with Crippen LogP contribution in [0, 0.1) is 0 Å². The first-order chi connectivity index (χ1) is 15.0. The molecule has 2 heterocycles. The number of fused-ring (bicyclic) bond motifs is 3. The largest absolute Gasteiger partial charge is 0.465 e. The van der Waals surface area contributed by atoms with Gasteiger partial charge in [0.2, 0.25) is 11.5 Å². The second kappa shape index (κ2) is 8.65. The lowest BCUT2D eigenvalue weighted by atomic mass is 10.2. The summed E-state index contributed by atoms with van der Waals surface area (Å²) in [6.45, 7) is 2.24. The molecular weight excluding hydrogens is 418 g/mol. The maximum Gasteiger partial charge on any atom is 0.337 e. The molecule has 0 aliphatic heterocycles. The van der Waals surface area contributed by atoms with Crippen LogP contribution in [0.3, 0.4) is 0 Å². The van der Waals surface area contributed by atoms with Crippen LogP contribution in [-0.4, -0.2) is 34.3 Å². The summed E-state index contributed by atoms with van der Waals surface area (Å²) in [6, 6.07) is 13.7. The highest BCUT2D eigenvalue weighted by Gasteiger charge is 2.18. The zero-order chi connectivity index (χ0) is 22.0. The van der Waals surface area contributed by atoms with Crippen LogP contribution in [0.15, 0.2) is 62.9 Å². The molecule has 1 amide bonds. The van der Waals surface area contributed by atoms with Crippen molar-refractivity contribution in [1.29, 1.82) is 0 Å². The molecule has 0 bridgehead atoms. The average molecular weight is 437 g/mol. The molecule has 4 rings (SSSR count). The Hall–Kier alpha value is -3.59. The summed E-state index contributed by atoms with van der Waals surface area (Å²) in [7, 11) is 1.31. The first kappa shape index (κ1) is 20.7. The van der Waals surface area contributed by atoms with E-state index in [9.17, 15) is 14.4 Å². The second-order valence-corrected chi connectivity index (χ2v) is 7.57. The number of anilines is 1. The van der Waals surface area contributed by atoms with Crippen molar-refractivity contribution in [2.75, 3.05) is 18.2 Å². The lowest BCUT2D eigenvalue weighted by Gasteiger charge is -2.10. The van der Waals surface area contributed by atoms with Gasteiger partial charge in [0.05, 0.1) is 18.4 Å². The smallest absolute Gasteiger partial charge is 0.337 e. The summed E-state index contributed by atoms with van der Waals surface area (Å²) in [5, 5.41) is 3.97. The van der Waals surface area contributed by atoms with Gasteiger partial charge in [0.25, 0.3) is 5.56 Å². The van der Waals surface area contributed by atoms with Crippen LogP contribution in [0.4, 0.5) is 5.69 Å². The number of esters is 1. The van der Waals surface area contributed by atoms with Gasteiger partial charge < -0.3 is 14.5 Å². The molecule has 2 aromatic carbocycles. The maximum absolute atomic E-state index is 12.9. The quantitative estimate of drug-likeness (QED) is 0.279. The van der Waals surface area contributed by atoms with E-state index >= 15 is 0 Å². The number of nitrogens with one attached hydrogen (secondary N) is 1. The van der Waals surface area contributed by atoms with Gasteiger partial charge in [0.1, 0.15) is 11.1 Å². The van der Waals surface area contributed by atoms with Gasteiger partial charge in [-0.15, -0.1) is 0 Å². The maximum atomic E-state index is 12.9. The molecule has 9 heteroatoms. The second-order valence-electron chi connectivity index (χ2n) is 6.63. The first-order valence-electron chi connectivity index (χ1n) is 9.55. The fourth-order valence-corrected chi connectivity index (χ4v) is 4.03. The predicted octanol–water partition coefficient (Wildman–Crippen LogP) is 3.68. The Morgan fingerprint density at radius 1 is 1.16 bits per heavy atom. The number of methoxy groups -OCH3 is 1. The number of thioether (sulfide) groups is 1. The minimum absolute atomic E-state index is 0.0620. The van der Waals surface area contributed by atoms with Crippen molar-refractivity contribution in [3.8, 4) is 0 Å². The number of rotatable bonds is 6. The predicted molar refractivity (Wildman–Crippen MR) is 119 cm³/mol. The van der Waals surface area contributed by atoms with E-state index in [0.717, 1.165) is 5.39 Å². The molecule has 0 atom stereocenters. The Labute approximate surface area is 181 Å². The van der Waals surface area contributed by atoms with Crippen molar-refractivity contribution in [2.24, 2.45) is 0 Å². The van der Waals surface area contributed by atoms with E-state index in [0.29, 0.717) is 34.1 Å². The Morgan fingerprint density at radius 3 is 2.61 bits per heavy atom. The normalized spacial score (nSPS) is 11.0. The highest BCUT2D eigenvalue weighted by molar-refractivity contribution is 7.99. The van der Waals surface area contributed by atoms with Crippen LogP contribution in [-0.2, 0) is 16.1 Å². The molecule has 1 N–H and O–H groups in total. The van der Waals surface area contributed by atoms with Gasteiger partial charge in [0.15, 0.2) is 5.16 Å². The number of para-hydroxylation sites is 1. The van der Waals surface area contributed by atoms with Gasteiger partial charge >= 0.3 is 5.97 Å². The molecule has 158 valence electrons. The molecule has 0 aliphatic carbocycles. The van der Waals surface area contributed by atoms with E-state index in [1.165, 1.54) is 23.4 Å². The number of carbonyl (C=O) groups is 2. The van der Waals surface area contributed by atoms with Crippen molar-refractivity contribution in [3.63, 3.8) is 0 Å². The SMILES string of the molecule is CCn1c(SCC(=O)Nc2ccc(C(=O)OC)cc2)nc2c(oc3ccccc32)c1=O. The van der Waals surface area contributed by atoms with Crippen LogP contribution < -0.4 is 10.9 Å². The van der Waals surface area contributed by atoms with Crippen LogP contribution in [0.25, 0.3) is 22.1 Å². The minimum Gasteiger partial charge on any atom is -0.465 e. The molecular formula is C22H19N3O5S. The molecule has 0 saturated heterocycles. The van der Waals surface area contributed by atoms with Crippen molar-refractivity contribution < 1.29 is 18.7 Å². The standard InChI is InChI=1S/C22H19N3O5S/c1-3-25-20(27)19-18(15-6-4-5-7-16(15)30-19)24-22(25)31-12-17(26)23-14-10-8-13(9-11-14)21(28)29-2/h4-11H,3,12H2,1-2H3,(H,23,26). The van der Waals surface area contributed by atoms with Gasteiger partial charge in [-0.05, 0) is 43.3 Å². The van der Waals surface area contributed by atoms with Crippen molar-refractivity contribution in [1.82, 2.24) is 9.55 Å². The molecule has 0 spiro atoms. The Bertz CT molecular complexity index is 1340. The zero-order valence-electron chi connectivity index (χ0n) is 16.9. The number of hydrogen-bond donors (Lipinski definition) is 1. The van der Waals surface area contributed by atoms with E-state index in [1.54, 1.807) is 30.3 Å². The lowest BCUT2D eigenvalue weighted by molar-refractivity contribution is -0.113. The van der Waals surface area contributed by atoms with Gasteiger partial charge in [-0.2, -0.15) is 0 Å². The summed E-state index contributed by atoms with van der Waals surface area (Å²) < 4.78 is 11.9. The average Bonchev–Trinajstić information content (AvgIpc) is 3.17. The molecule has 2 aromatic heterocycles. The van der Waals surface area contributed by atoms with E-state index in [-0.39, 0.29) is 22.8 Å². The fourth-order valence-electron chi connectivity index (χ4n) is 3.18.